The molecule has 0 unspecified atom stereocenters. The van der Waals surface area contributed by atoms with E-state index < -0.39 is 16.0 Å². The molecule has 8 heteroatoms. The first-order valence-corrected chi connectivity index (χ1v) is 8.22. The fourth-order valence-corrected chi connectivity index (χ4v) is 3.41. The van der Waals surface area contributed by atoms with Gasteiger partial charge in [-0.25, -0.2) is 17.9 Å². The van der Waals surface area contributed by atoms with Gasteiger partial charge in [-0.2, -0.15) is 0 Å². The second kappa shape index (κ2) is 6.61. The van der Waals surface area contributed by atoms with Gasteiger partial charge in [0, 0.05) is 29.9 Å². The number of nitrogens with one attached hydrogen (secondary N) is 1. The third-order valence-corrected chi connectivity index (χ3v) is 4.88. The molecule has 0 fully saturated rings. The van der Waals surface area contributed by atoms with Gasteiger partial charge in [0.05, 0.1) is 0 Å². The smallest absolute Gasteiger partial charge is 0.328 e. The molecule has 110 valence electrons. The predicted octanol–water partition coefficient (Wildman–Crippen LogP) is 1.72. The Hall–Kier alpha value is -2.03. The number of carboxylic acid groups (broad SMARTS) is 1. The van der Waals surface area contributed by atoms with Crippen molar-refractivity contribution in [2.45, 2.75) is 11.4 Å². The van der Waals surface area contributed by atoms with E-state index in [1.165, 1.54) is 35.9 Å². The summed E-state index contributed by atoms with van der Waals surface area (Å²) in [6.07, 6.45) is 5.21. The van der Waals surface area contributed by atoms with Crippen molar-refractivity contribution in [3.63, 3.8) is 0 Å². The van der Waals surface area contributed by atoms with Crippen molar-refractivity contribution in [2.75, 3.05) is 0 Å². The molecule has 0 aromatic carbocycles. The molecule has 6 nitrogen and oxygen atoms in total. The number of rotatable bonds is 6. The lowest BCUT2D eigenvalue weighted by Crippen LogP contribution is -2.23. The SMILES string of the molecule is O=C(O)/C=C/c1ccsc1CNS(=O)(=O)c1cccnc1. The summed E-state index contributed by atoms with van der Waals surface area (Å²) < 4.78 is 26.6. The van der Waals surface area contributed by atoms with E-state index in [0.29, 0.717) is 5.56 Å². The zero-order chi connectivity index (χ0) is 15.3. The van der Waals surface area contributed by atoms with Gasteiger partial charge in [-0.15, -0.1) is 11.3 Å². The van der Waals surface area contributed by atoms with Crippen LogP contribution in [-0.2, 0) is 21.4 Å². The van der Waals surface area contributed by atoms with Gasteiger partial charge in [0.15, 0.2) is 0 Å². The quantitative estimate of drug-likeness (QED) is 0.789. The molecule has 0 aliphatic rings. The highest BCUT2D eigenvalue weighted by molar-refractivity contribution is 7.89. The van der Waals surface area contributed by atoms with Crippen molar-refractivity contribution < 1.29 is 18.3 Å². The second-order valence-electron chi connectivity index (χ2n) is 3.98. The Morgan fingerprint density at radius 3 is 2.90 bits per heavy atom. The molecule has 21 heavy (non-hydrogen) atoms. The number of pyridine rings is 1. The highest BCUT2D eigenvalue weighted by Gasteiger charge is 2.14. The molecule has 2 N–H and O–H groups in total. The first-order chi connectivity index (χ1) is 9.99. The summed E-state index contributed by atoms with van der Waals surface area (Å²) in [6.45, 7) is 0.0915. The maximum absolute atomic E-state index is 12.0. The Morgan fingerprint density at radius 1 is 1.43 bits per heavy atom. The standard InChI is InChI=1S/C13H12N2O4S2/c16-13(17)4-3-10-5-7-20-12(10)9-15-21(18,19)11-2-1-6-14-8-11/h1-8,15H,9H2,(H,16,17)/b4-3+. The van der Waals surface area contributed by atoms with Gasteiger partial charge in [-0.3, -0.25) is 4.98 Å². The molecule has 0 saturated carbocycles. The van der Waals surface area contributed by atoms with Crippen LogP contribution in [0.2, 0.25) is 0 Å². The number of carboxylic acids is 1. The number of aliphatic carboxylic acids is 1. The van der Waals surface area contributed by atoms with Crippen molar-refractivity contribution in [3.05, 3.63) is 52.5 Å². The van der Waals surface area contributed by atoms with Crippen LogP contribution >= 0.6 is 11.3 Å². The van der Waals surface area contributed by atoms with E-state index >= 15 is 0 Å². The molecule has 2 aromatic heterocycles. The molecule has 0 radical (unpaired) electrons. The van der Waals surface area contributed by atoms with Gasteiger partial charge < -0.3 is 5.11 Å². The first kappa shape index (κ1) is 15.4. The molecule has 0 bridgehead atoms. The third kappa shape index (κ3) is 4.22. The van der Waals surface area contributed by atoms with Crippen LogP contribution in [0.4, 0.5) is 0 Å². The van der Waals surface area contributed by atoms with Crippen molar-refractivity contribution in [1.29, 1.82) is 0 Å². The fourth-order valence-electron chi connectivity index (χ4n) is 1.55. The Kier molecular flexibility index (Phi) is 4.84. The number of hydrogen-bond donors (Lipinski definition) is 2. The molecule has 2 aromatic rings. The van der Waals surface area contributed by atoms with Gasteiger partial charge in [0.2, 0.25) is 10.0 Å². The van der Waals surface area contributed by atoms with E-state index in [2.05, 4.69) is 9.71 Å². The van der Waals surface area contributed by atoms with Crippen molar-refractivity contribution in [2.24, 2.45) is 0 Å². The number of carbonyl (C=O) groups is 1. The molecule has 0 amide bonds. The van der Waals surface area contributed by atoms with Crippen LogP contribution in [0.3, 0.4) is 0 Å². The summed E-state index contributed by atoms with van der Waals surface area (Å²) in [4.78, 5) is 15.1. The highest BCUT2D eigenvalue weighted by atomic mass is 32.2. The maximum Gasteiger partial charge on any atom is 0.328 e. The maximum atomic E-state index is 12.0. The minimum Gasteiger partial charge on any atom is -0.478 e. The number of aromatic nitrogens is 1. The van der Waals surface area contributed by atoms with E-state index in [1.807, 2.05) is 0 Å². The van der Waals surface area contributed by atoms with E-state index in [-0.39, 0.29) is 11.4 Å². The molecule has 0 aliphatic carbocycles. The predicted molar refractivity (Wildman–Crippen MR) is 79.3 cm³/mol. The molecular formula is C13H12N2O4S2. The topological polar surface area (TPSA) is 96.4 Å². The van der Waals surface area contributed by atoms with Gasteiger partial charge in [-0.1, -0.05) is 0 Å². The molecule has 0 spiro atoms. The van der Waals surface area contributed by atoms with E-state index in [1.54, 1.807) is 17.5 Å². The lowest BCUT2D eigenvalue weighted by Gasteiger charge is -2.05. The van der Waals surface area contributed by atoms with Crippen molar-refractivity contribution in [3.8, 4) is 0 Å². The highest BCUT2D eigenvalue weighted by Crippen LogP contribution is 2.19. The minimum atomic E-state index is -3.63. The number of sulfonamides is 1. The Labute approximate surface area is 125 Å². The van der Waals surface area contributed by atoms with Gasteiger partial charge in [-0.05, 0) is 35.2 Å². The van der Waals surface area contributed by atoms with Crippen molar-refractivity contribution in [1.82, 2.24) is 9.71 Å². The van der Waals surface area contributed by atoms with Gasteiger partial charge >= 0.3 is 5.97 Å². The third-order valence-electron chi connectivity index (χ3n) is 2.55. The zero-order valence-corrected chi connectivity index (χ0v) is 12.4. The van der Waals surface area contributed by atoms with E-state index in [0.717, 1.165) is 11.0 Å². The summed E-state index contributed by atoms with van der Waals surface area (Å²) >= 11 is 1.35. The Bertz CT molecular complexity index is 751. The monoisotopic (exact) mass is 324 g/mol. The molecule has 2 heterocycles. The summed E-state index contributed by atoms with van der Waals surface area (Å²) in [5.41, 5.74) is 0.677. The second-order valence-corrected chi connectivity index (χ2v) is 6.75. The summed E-state index contributed by atoms with van der Waals surface area (Å²) in [5, 5.41) is 10.4. The van der Waals surface area contributed by atoms with Crippen LogP contribution in [0.1, 0.15) is 10.4 Å². The Morgan fingerprint density at radius 2 is 2.24 bits per heavy atom. The molecular weight excluding hydrogens is 312 g/mol. The van der Waals surface area contributed by atoms with Crippen LogP contribution in [0.5, 0.6) is 0 Å². The van der Waals surface area contributed by atoms with Gasteiger partial charge in [0.1, 0.15) is 4.90 Å². The normalized spacial score (nSPS) is 11.8. The first-order valence-electron chi connectivity index (χ1n) is 5.86. The lowest BCUT2D eigenvalue weighted by atomic mass is 10.2. The average Bonchev–Trinajstić information content (AvgIpc) is 2.91. The van der Waals surface area contributed by atoms with Crippen LogP contribution in [0.15, 0.2) is 46.9 Å². The molecule has 2 rings (SSSR count). The van der Waals surface area contributed by atoms with E-state index in [4.69, 9.17) is 5.11 Å². The van der Waals surface area contributed by atoms with Crippen LogP contribution in [-0.4, -0.2) is 24.5 Å². The van der Waals surface area contributed by atoms with Gasteiger partial charge in [0.25, 0.3) is 0 Å². The number of thiophene rings is 1. The summed E-state index contributed by atoms with van der Waals surface area (Å²) in [5.74, 6) is -1.05. The van der Waals surface area contributed by atoms with Crippen molar-refractivity contribution >= 4 is 33.4 Å². The number of hydrogen-bond acceptors (Lipinski definition) is 5. The lowest BCUT2D eigenvalue weighted by molar-refractivity contribution is -0.131. The summed E-state index contributed by atoms with van der Waals surface area (Å²) in [7, 11) is -3.63. The summed E-state index contributed by atoms with van der Waals surface area (Å²) in [6, 6.07) is 4.73. The molecule has 0 aliphatic heterocycles. The largest absolute Gasteiger partial charge is 0.478 e. The molecule has 0 saturated heterocycles. The van der Waals surface area contributed by atoms with Crippen LogP contribution < -0.4 is 4.72 Å². The number of nitrogens with zero attached hydrogens (tertiary/aromatic N) is 1. The zero-order valence-electron chi connectivity index (χ0n) is 10.8. The van der Waals surface area contributed by atoms with Crippen LogP contribution in [0.25, 0.3) is 6.08 Å². The minimum absolute atomic E-state index is 0.0872. The average molecular weight is 324 g/mol. The fraction of sp³-hybridized carbons (Fsp3) is 0.0769. The van der Waals surface area contributed by atoms with E-state index in [9.17, 15) is 13.2 Å². The Balaban J connectivity index is 2.11. The van der Waals surface area contributed by atoms with Crippen LogP contribution in [0, 0.1) is 0 Å². The molecule has 0 atom stereocenters.